The van der Waals surface area contributed by atoms with E-state index < -0.39 is 0 Å². The van der Waals surface area contributed by atoms with E-state index in [4.69, 9.17) is 33.0 Å². The molecule has 0 unspecified atom stereocenters. The molecule has 0 amide bonds. The second-order valence-electron chi connectivity index (χ2n) is 4.01. The van der Waals surface area contributed by atoms with Crippen LogP contribution >= 0.6 is 23.2 Å². The van der Waals surface area contributed by atoms with E-state index in [2.05, 4.69) is 11.8 Å². The summed E-state index contributed by atoms with van der Waals surface area (Å²) in [4.78, 5) is 0. The standard InChI is InChI=1S/C16H12Cl2O2/c17-14-7-6-13(16(18)10-14)11-20-15-5-1-3-12(9-15)4-2-8-19/h1,3,5-7,9-10,19H,8,11H2. The molecule has 0 aliphatic rings. The average Bonchev–Trinajstić information content (AvgIpc) is 2.45. The first kappa shape index (κ1) is 14.7. The van der Waals surface area contributed by atoms with E-state index in [9.17, 15) is 0 Å². The molecule has 0 aliphatic carbocycles. The van der Waals surface area contributed by atoms with Crippen molar-refractivity contribution in [2.45, 2.75) is 6.61 Å². The predicted molar refractivity (Wildman–Crippen MR) is 81.2 cm³/mol. The molecule has 2 nitrogen and oxygen atoms in total. The minimum atomic E-state index is -0.161. The molecule has 0 heterocycles. The van der Waals surface area contributed by atoms with Crippen molar-refractivity contribution in [3.05, 3.63) is 63.6 Å². The largest absolute Gasteiger partial charge is 0.489 e. The molecule has 0 saturated heterocycles. The van der Waals surface area contributed by atoms with Crippen molar-refractivity contribution in [2.75, 3.05) is 6.61 Å². The summed E-state index contributed by atoms with van der Waals surface area (Å²) in [6.07, 6.45) is 0. The molecule has 0 atom stereocenters. The monoisotopic (exact) mass is 306 g/mol. The fraction of sp³-hybridized carbons (Fsp3) is 0.125. The van der Waals surface area contributed by atoms with Gasteiger partial charge < -0.3 is 9.84 Å². The molecule has 0 radical (unpaired) electrons. The third kappa shape index (κ3) is 4.18. The number of aliphatic hydroxyl groups excluding tert-OH is 1. The van der Waals surface area contributed by atoms with Crippen molar-refractivity contribution in [3.8, 4) is 17.6 Å². The number of benzene rings is 2. The molecule has 102 valence electrons. The summed E-state index contributed by atoms with van der Waals surface area (Å²) >= 11 is 11.9. The Kier molecular flexibility index (Phi) is 5.31. The van der Waals surface area contributed by atoms with Crippen LogP contribution in [0.25, 0.3) is 0 Å². The van der Waals surface area contributed by atoms with Crippen molar-refractivity contribution in [1.29, 1.82) is 0 Å². The molecular formula is C16H12Cl2O2. The van der Waals surface area contributed by atoms with E-state index >= 15 is 0 Å². The smallest absolute Gasteiger partial charge is 0.121 e. The third-order valence-electron chi connectivity index (χ3n) is 2.56. The Morgan fingerprint density at radius 1 is 1.10 bits per heavy atom. The van der Waals surface area contributed by atoms with Crippen LogP contribution in [0.4, 0.5) is 0 Å². The Hall–Kier alpha value is -1.66. The molecule has 20 heavy (non-hydrogen) atoms. The summed E-state index contributed by atoms with van der Waals surface area (Å²) in [5.74, 6) is 6.12. The first-order valence-corrected chi connectivity index (χ1v) is 6.71. The lowest BCUT2D eigenvalue weighted by Crippen LogP contribution is -1.96. The predicted octanol–water partition coefficient (Wildman–Crippen LogP) is 3.92. The summed E-state index contributed by atoms with van der Waals surface area (Å²) in [6, 6.07) is 12.6. The Morgan fingerprint density at radius 3 is 2.70 bits per heavy atom. The molecule has 0 bridgehead atoms. The number of rotatable bonds is 3. The number of hydrogen-bond acceptors (Lipinski definition) is 2. The Balaban J connectivity index is 2.07. The fourth-order valence-electron chi connectivity index (χ4n) is 1.61. The molecule has 2 aromatic rings. The van der Waals surface area contributed by atoms with Gasteiger partial charge >= 0.3 is 0 Å². The SMILES string of the molecule is OCC#Cc1cccc(OCc2ccc(Cl)cc2Cl)c1. The van der Waals surface area contributed by atoms with Crippen LogP contribution in [-0.2, 0) is 6.61 Å². The maximum Gasteiger partial charge on any atom is 0.121 e. The first-order chi connectivity index (χ1) is 9.69. The van der Waals surface area contributed by atoms with Gasteiger partial charge in [-0.2, -0.15) is 0 Å². The zero-order valence-electron chi connectivity index (χ0n) is 10.6. The maximum atomic E-state index is 8.67. The number of hydrogen-bond donors (Lipinski definition) is 1. The molecule has 0 aromatic heterocycles. The summed E-state index contributed by atoms with van der Waals surface area (Å²) in [5, 5.41) is 9.85. The molecule has 4 heteroatoms. The highest BCUT2D eigenvalue weighted by molar-refractivity contribution is 6.35. The van der Waals surface area contributed by atoms with Gasteiger partial charge in [-0.25, -0.2) is 0 Å². The molecule has 0 aliphatic heterocycles. The fourth-order valence-corrected chi connectivity index (χ4v) is 2.07. The molecule has 1 N–H and O–H groups in total. The molecule has 2 aromatic carbocycles. The van der Waals surface area contributed by atoms with Crippen LogP contribution in [-0.4, -0.2) is 11.7 Å². The maximum absolute atomic E-state index is 8.67. The average molecular weight is 307 g/mol. The van der Waals surface area contributed by atoms with Crippen molar-refractivity contribution in [2.24, 2.45) is 0 Å². The van der Waals surface area contributed by atoms with Gasteiger partial charge in [-0.05, 0) is 30.3 Å². The van der Waals surface area contributed by atoms with Gasteiger partial charge in [0.05, 0.1) is 0 Å². The van der Waals surface area contributed by atoms with E-state index in [-0.39, 0.29) is 6.61 Å². The second kappa shape index (κ2) is 7.21. The highest BCUT2D eigenvalue weighted by atomic mass is 35.5. The highest BCUT2D eigenvalue weighted by Gasteiger charge is 2.02. The minimum Gasteiger partial charge on any atom is -0.489 e. The number of halogens is 2. The van der Waals surface area contributed by atoms with Crippen LogP contribution in [0.5, 0.6) is 5.75 Å². The topological polar surface area (TPSA) is 29.5 Å². The van der Waals surface area contributed by atoms with Gasteiger partial charge in [0, 0.05) is 21.2 Å². The van der Waals surface area contributed by atoms with E-state index in [1.165, 1.54) is 0 Å². The van der Waals surface area contributed by atoms with Gasteiger partial charge in [0.2, 0.25) is 0 Å². The van der Waals surface area contributed by atoms with E-state index in [0.29, 0.717) is 22.4 Å². The van der Waals surface area contributed by atoms with E-state index in [1.807, 2.05) is 30.3 Å². The molecule has 2 rings (SSSR count). The highest BCUT2D eigenvalue weighted by Crippen LogP contribution is 2.23. The summed E-state index contributed by atoms with van der Waals surface area (Å²) in [7, 11) is 0. The van der Waals surface area contributed by atoms with Crippen LogP contribution in [0.1, 0.15) is 11.1 Å². The van der Waals surface area contributed by atoms with Crippen molar-refractivity contribution in [1.82, 2.24) is 0 Å². The molecule has 0 spiro atoms. The van der Waals surface area contributed by atoms with E-state index in [1.54, 1.807) is 12.1 Å². The van der Waals surface area contributed by atoms with Gasteiger partial charge in [-0.15, -0.1) is 0 Å². The van der Waals surface area contributed by atoms with Crippen molar-refractivity contribution >= 4 is 23.2 Å². The second-order valence-corrected chi connectivity index (χ2v) is 4.86. The summed E-state index contributed by atoms with van der Waals surface area (Å²) in [5.41, 5.74) is 1.65. The van der Waals surface area contributed by atoms with Crippen LogP contribution in [0.15, 0.2) is 42.5 Å². The lowest BCUT2D eigenvalue weighted by atomic mass is 10.2. The lowest BCUT2D eigenvalue weighted by molar-refractivity contribution is 0.306. The third-order valence-corrected chi connectivity index (χ3v) is 3.14. The quantitative estimate of drug-likeness (QED) is 0.871. The normalized spacial score (nSPS) is 9.75. The van der Waals surface area contributed by atoms with Crippen LogP contribution < -0.4 is 4.74 Å². The van der Waals surface area contributed by atoms with E-state index in [0.717, 1.165) is 11.1 Å². The van der Waals surface area contributed by atoms with Gasteiger partial charge in [0.25, 0.3) is 0 Å². The van der Waals surface area contributed by atoms with Gasteiger partial charge in [-0.1, -0.05) is 47.2 Å². The van der Waals surface area contributed by atoms with Gasteiger partial charge in [0.1, 0.15) is 19.0 Å². The minimum absolute atomic E-state index is 0.161. The number of aliphatic hydroxyl groups is 1. The first-order valence-electron chi connectivity index (χ1n) is 5.95. The Bertz CT molecular complexity index is 657. The van der Waals surface area contributed by atoms with Crippen molar-refractivity contribution < 1.29 is 9.84 Å². The Morgan fingerprint density at radius 2 is 1.95 bits per heavy atom. The summed E-state index contributed by atoms with van der Waals surface area (Å²) in [6.45, 7) is 0.193. The zero-order valence-corrected chi connectivity index (χ0v) is 12.1. The molecule has 0 saturated carbocycles. The lowest BCUT2D eigenvalue weighted by Gasteiger charge is -2.08. The molecular weight excluding hydrogens is 295 g/mol. The van der Waals surface area contributed by atoms with Gasteiger partial charge in [-0.3, -0.25) is 0 Å². The van der Waals surface area contributed by atoms with Crippen LogP contribution in [0, 0.1) is 11.8 Å². The number of ether oxygens (including phenoxy) is 1. The zero-order chi connectivity index (χ0) is 14.4. The van der Waals surface area contributed by atoms with Crippen LogP contribution in [0.3, 0.4) is 0 Å². The van der Waals surface area contributed by atoms with Gasteiger partial charge in [0.15, 0.2) is 0 Å². The van der Waals surface area contributed by atoms with Crippen LogP contribution in [0.2, 0.25) is 10.0 Å². The Labute approximate surface area is 127 Å². The van der Waals surface area contributed by atoms with Crippen molar-refractivity contribution in [3.63, 3.8) is 0 Å². The summed E-state index contributed by atoms with van der Waals surface area (Å²) < 4.78 is 5.68. The molecule has 0 fully saturated rings.